The van der Waals surface area contributed by atoms with E-state index in [9.17, 15) is 0 Å². The van der Waals surface area contributed by atoms with Crippen molar-refractivity contribution in [1.82, 2.24) is 9.97 Å². The van der Waals surface area contributed by atoms with Crippen LogP contribution in [-0.4, -0.2) is 23.1 Å². The molecule has 0 amide bonds. The Hall–Kier alpha value is -0.680. The summed E-state index contributed by atoms with van der Waals surface area (Å²) < 4.78 is 7.10. The predicted molar refractivity (Wildman–Crippen MR) is 89.8 cm³/mol. The minimum absolute atomic E-state index is 0.372. The molecule has 21 heavy (non-hydrogen) atoms. The van der Waals surface area contributed by atoms with Crippen molar-refractivity contribution in [3.63, 3.8) is 0 Å². The molecule has 5 heteroatoms. The van der Waals surface area contributed by atoms with E-state index in [1.54, 1.807) is 0 Å². The van der Waals surface area contributed by atoms with Crippen molar-refractivity contribution in [2.24, 2.45) is 0 Å². The number of hydrogen-bond acceptors (Lipinski definition) is 4. The number of nitrogens with zero attached hydrogens (tertiary/aromatic N) is 2. The summed E-state index contributed by atoms with van der Waals surface area (Å²) in [5.74, 6) is 2.30. The van der Waals surface area contributed by atoms with Crippen LogP contribution in [0.25, 0.3) is 0 Å². The van der Waals surface area contributed by atoms with Crippen LogP contribution in [0.15, 0.2) is 4.47 Å². The van der Waals surface area contributed by atoms with Gasteiger partial charge in [0.1, 0.15) is 11.4 Å². The topological polar surface area (TPSA) is 47.0 Å². The highest BCUT2D eigenvalue weighted by atomic mass is 79.9. The molecule has 0 unspecified atom stereocenters. The van der Waals surface area contributed by atoms with E-state index < -0.39 is 0 Å². The summed E-state index contributed by atoms with van der Waals surface area (Å²) in [4.78, 5) is 9.66. The monoisotopic (exact) mass is 355 g/mol. The second-order valence-corrected chi connectivity index (χ2v) is 6.33. The summed E-state index contributed by atoms with van der Waals surface area (Å²) in [5, 5.41) is 3.35. The minimum atomic E-state index is -0.372. The number of rotatable bonds is 8. The van der Waals surface area contributed by atoms with Gasteiger partial charge in [-0.15, -0.1) is 0 Å². The molecule has 1 aromatic heterocycles. The van der Waals surface area contributed by atoms with Gasteiger partial charge in [0.15, 0.2) is 5.82 Å². The molecule has 1 heterocycles. The molecule has 0 spiro atoms. The summed E-state index contributed by atoms with van der Waals surface area (Å²) in [7, 11) is 0. The Morgan fingerprint density at radius 1 is 1.19 bits per heavy atom. The van der Waals surface area contributed by atoms with Crippen molar-refractivity contribution in [2.75, 3.05) is 18.5 Å². The van der Waals surface area contributed by atoms with E-state index in [2.05, 4.69) is 42.0 Å². The number of ether oxygens (including phenoxy) is 1. The summed E-state index contributed by atoms with van der Waals surface area (Å²) in [6.07, 6.45) is 4.21. The number of hydrogen-bond donors (Lipinski definition) is 1. The van der Waals surface area contributed by atoms with E-state index in [0.29, 0.717) is 12.5 Å². The lowest BCUT2D eigenvalue weighted by molar-refractivity contribution is -0.0572. The van der Waals surface area contributed by atoms with E-state index in [1.807, 2.05) is 6.92 Å². The average Bonchev–Trinajstić information content (AvgIpc) is 3.32. The molecule has 1 fully saturated rings. The van der Waals surface area contributed by atoms with Crippen LogP contribution in [0.5, 0.6) is 0 Å². The van der Waals surface area contributed by atoms with Gasteiger partial charge in [-0.3, -0.25) is 0 Å². The van der Waals surface area contributed by atoms with Gasteiger partial charge in [0, 0.05) is 19.1 Å². The third-order valence-corrected chi connectivity index (χ3v) is 4.94. The zero-order valence-electron chi connectivity index (χ0n) is 13.5. The van der Waals surface area contributed by atoms with Gasteiger partial charge in [-0.25, -0.2) is 9.97 Å². The molecule has 2 rings (SSSR count). The lowest BCUT2D eigenvalue weighted by Gasteiger charge is -2.31. The average molecular weight is 356 g/mol. The molecule has 1 aliphatic carbocycles. The maximum absolute atomic E-state index is 6.07. The second-order valence-electron chi connectivity index (χ2n) is 5.53. The largest absolute Gasteiger partial charge is 0.369 e. The van der Waals surface area contributed by atoms with Crippen LogP contribution in [-0.2, 0) is 10.3 Å². The molecule has 118 valence electrons. The van der Waals surface area contributed by atoms with Crippen LogP contribution < -0.4 is 5.32 Å². The van der Waals surface area contributed by atoms with Gasteiger partial charge in [-0.2, -0.15) is 0 Å². The standard InChI is InChI=1S/C16H26BrN3O/c1-5-16(6-2,21-8-4)15-19-13(11-9-10-11)12(17)14(20-15)18-7-3/h11H,5-10H2,1-4H3,(H,18,19,20). The molecule has 4 nitrogen and oxygen atoms in total. The lowest BCUT2D eigenvalue weighted by atomic mass is 9.95. The first-order valence-electron chi connectivity index (χ1n) is 8.07. The fourth-order valence-electron chi connectivity index (χ4n) is 2.69. The van der Waals surface area contributed by atoms with Crippen molar-refractivity contribution in [3.8, 4) is 0 Å². The number of anilines is 1. The Bertz CT molecular complexity index is 485. The zero-order valence-corrected chi connectivity index (χ0v) is 15.1. The molecule has 0 bridgehead atoms. The highest BCUT2D eigenvalue weighted by Gasteiger charge is 2.36. The highest BCUT2D eigenvalue weighted by molar-refractivity contribution is 9.10. The van der Waals surface area contributed by atoms with Crippen molar-refractivity contribution < 1.29 is 4.74 Å². The Kier molecular flexibility index (Phi) is 5.60. The summed E-state index contributed by atoms with van der Waals surface area (Å²) in [6, 6.07) is 0. The van der Waals surface area contributed by atoms with Crippen molar-refractivity contribution in [1.29, 1.82) is 0 Å². The maximum atomic E-state index is 6.07. The van der Waals surface area contributed by atoms with Gasteiger partial charge in [-0.05, 0) is 55.5 Å². The van der Waals surface area contributed by atoms with E-state index in [-0.39, 0.29) is 5.60 Å². The molecular weight excluding hydrogens is 330 g/mol. The molecule has 0 aliphatic heterocycles. The van der Waals surface area contributed by atoms with Crippen molar-refractivity contribution in [3.05, 3.63) is 16.0 Å². The smallest absolute Gasteiger partial charge is 0.162 e. The number of nitrogens with one attached hydrogen (secondary N) is 1. The van der Waals surface area contributed by atoms with Gasteiger partial charge in [0.25, 0.3) is 0 Å². The van der Waals surface area contributed by atoms with Crippen LogP contribution in [0.2, 0.25) is 0 Å². The van der Waals surface area contributed by atoms with Crippen LogP contribution in [0.3, 0.4) is 0 Å². The van der Waals surface area contributed by atoms with Crippen LogP contribution in [0.4, 0.5) is 5.82 Å². The molecular formula is C16H26BrN3O. The summed E-state index contributed by atoms with van der Waals surface area (Å²) in [6.45, 7) is 9.93. The third-order valence-electron chi connectivity index (χ3n) is 4.16. The Morgan fingerprint density at radius 3 is 2.33 bits per heavy atom. The summed E-state index contributed by atoms with van der Waals surface area (Å²) in [5.41, 5.74) is 0.769. The van der Waals surface area contributed by atoms with Crippen LogP contribution >= 0.6 is 15.9 Å². The molecule has 0 aromatic carbocycles. The fraction of sp³-hybridized carbons (Fsp3) is 0.750. The predicted octanol–water partition coefficient (Wildman–Crippen LogP) is 4.60. The number of halogens is 1. The van der Waals surface area contributed by atoms with Gasteiger partial charge in [-0.1, -0.05) is 13.8 Å². The first kappa shape index (κ1) is 16.7. The fourth-order valence-corrected chi connectivity index (χ4v) is 3.33. The van der Waals surface area contributed by atoms with Crippen molar-refractivity contribution in [2.45, 2.75) is 64.9 Å². The van der Waals surface area contributed by atoms with E-state index in [4.69, 9.17) is 14.7 Å². The Labute approximate surface area is 136 Å². The first-order valence-corrected chi connectivity index (χ1v) is 8.86. The zero-order chi connectivity index (χ0) is 15.5. The molecule has 1 N–H and O–H groups in total. The number of aromatic nitrogens is 2. The van der Waals surface area contributed by atoms with Crippen LogP contribution in [0, 0.1) is 0 Å². The van der Waals surface area contributed by atoms with Crippen LogP contribution in [0.1, 0.15) is 70.8 Å². The SMILES string of the molecule is CCNc1nc(C(CC)(CC)OCC)nc(C2CC2)c1Br. The van der Waals surface area contributed by atoms with Gasteiger partial charge < -0.3 is 10.1 Å². The second kappa shape index (κ2) is 7.05. The molecule has 0 saturated heterocycles. The molecule has 1 saturated carbocycles. The third kappa shape index (κ3) is 3.39. The minimum Gasteiger partial charge on any atom is -0.369 e. The lowest BCUT2D eigenvalue weighted by Crippen LogP contribution is -2.31. The van der Waals surface area contributed by atoms with E-state index >= 15 is 0 Å². The first-order chi connectivity index (χ1) is 10.1. The van der Waals surface area contributed by atoms with Gasteiger partial charge in [0.05, 0.1) is 10.2 Å². The molecule has 0 radical (unpaired) electrons. The van der Waals surface area contributed by atoms with Crippen molar-refractivity contribution >= 4 is 21.7 Å². The van der Waals surface area contributed by atoms with E-state index in [0.717, 1.165) is 41.2 Å². The Morgan fingerprint density at radius 2 is 1.86 bits per heavy atom. The van der Waals surface area contributed by atoms with E-state index in [1.165, 1.54) is 12.8 Å². The molecule has 1 aromatic rings. The molecule has 1 aliphatic rings. The molecule has 0 atom stereocenters. The Balaban J connectivity index is 2.50. The van der Waals surface area contributed by atoms with Gasteiger partial charge >= 0.3 is 0 Å². The summed E-state index contributed by atoms with van der Waals surface area (Å²) >= 11 is 3.68. The quantitative estimate of drug-likeness (QED) is 0.739. The normalized spacial score (nSPS) is 15.3. The highest BCUT2D eigenvalue weighted by Crippen LogP contribution is 2.45. The maximum Gasteiger partial charge on any atom is 0.162 e. The van der Waals surface area contributed by atoms with Gasteiger partial charge in [0.2, 0.25) is 0 Å².